The fraction of sp³-hybridized carbons (Fsp3) is 0.769. The summed E-state index contributed by atoms with van der Waals surface area (Å²) < 4.78 is 5.40. The zero-order valence-corrected chi connectivity index (χ0v) is 11.7. The third-order valence-electron chi connectivity index (χ3n) is 2.98. The topological polar surface area (TPSA) is 26.3 Å². The van der Waals surface area contributed by atoms with Gasteiger partial charge in [0, 0.05) is 5.03 Å². The summed E-state index contributed by atoms with van der Waals surface area (Å²) in [6, 6.07) is 0. The Kier molecular flexibility index (Phi) is 3.45. The van der Waals surface area contributed by atoms with Gasteiger partial charge in [0.2, 0.25) is 0 Å². The number of carbonyl (C=O) groups is 1. The van der Waals surface area contributed by atoms with Crippen molar-refractivity contribution in [1.82, 2.24) is 0 Å². The maximum Gasteiger partial charge on any atom is 0.310 e. The average molecular weight is 245 g/mol. The van der Waals surface area contributed by atoms with Gasteiger partial charge >= 0.3 is 5.97 Å². The van der Waals surface area contributed by atoms with Gasteiger partial charge in [0.05, 0.1) is 5.92 Å². The Morgan fingerprint density at radius 1 is 1.38 bits per heavy atom. The molecule has 0 radical (unpaired) electrons. The van der Waals surface area contributed by atoms with E-state index in [1.807, 2.05) is 33.8 Å². The number of carbonyl (C=O) groups excluding carboxylic acids is 1. The monoisotopic (exact) mass is 244 g/mol. The van der Waals surface area contributed by atoms with E-state index in [1.54, 1.807) is 0 Å². The highest BCUT2D eigenvalue weighted by molar-refractivity contribution is 6.29. The molecule has 0 aliphatic heterocycles. The third-order valence-corrected chi connectivity index (χ3v) is 3.11. The lowest BCUT2D eigenvalue weighted by Gasteiger charge is -2.19. The minimum atomic E-state index is -0.417. The molecule has 92 valence electrons. The van der Waals surface area contributed by atoms with Crippen LogP contribution in [0.1, 0.15) is 41.5 Å². The molecule has 0 spiro atoms. The Bertz CT molecular complexity index is 319. The van der Waals surface area contributed by atoms with Crippen molar-refractivity contribution in [2.45, 2.75) is 47.1 Å². The van der Waals surface area contributed by atoms with E-state index in [1.165, 1.54) is 0 Å². The van der Waals surface area contributed by atoms with E-state index in [0.717, 1.165) is 5.03 Å². The number of rotatable bonds is 2. The van der Waals surface area contributed by atoms with Crippen molar-refractivity contribution in [2.24, 2.45) is 17.3 Å². The summed E-state index contributed by atoms with van der Waals surface area (Å²) in [4.78, 5) is 11.9. The molecule has 0 aromatic heterocycles. The standard InChI is InChI=1S/C13H21ClO2/c1-8(14)7-9-10(13(9,5)6)11(15)16-12(2,3)4/h7,9-10H,1-6H3/b8-7-/t9-,10+/m1/s1. The van der Waals surface area contributed by atoms with Crippen LogP contribution >= 0.6 is 11.6 Å². The second kappa shape index (κ2) is 4.06. The minimum absolute atomic E-state index is 0.0293. The highest BCUT2D eigenvalue weighted by Gasteiger charge is 2.61. The number of esters is 1. The summed E-state index contributed by atoms with van der Waals surface area (Å²) in [6.45, 7) is 11.6. The Morgan fingerprint density at radius 2 is 1.88 bits per heavy atom. The van der Waals surface area contributed by atoms with Crippen LogP contribution in [-0.4, -0.2) is 11.6 Å². The summed E-state index contributed by atoms with van der Waals surface area (Å²) in [5.41, 5.74) is -0.446. The molecular formula is C13H21ClO2. The highest BCUT2D eigenvalue weighted by Crippen LogP contribution is 2.60. The van der Waals surface area contributed by atoms with Crippen molar-refractivity contribution in [3.05, 3.63) is 11.1 Å². The van der Waals surface area contributed by atoms with Crippen LogP contribution in [0.4, 0.5) is 0 Å². The molecule has 2 nitrogen and oxygen atoms in total. The molecule has 0 aromatic carbocycles. The van der Waals surface area contributed by atoms with Crippen LogP contribution in [0, 0.1) is 17.3 Å². The van der Waals surface area contributed by atoms with Crippen molar-refractivity contribution in [3.63, 3.8) is 0 Å². The first-order valence-electron chi connectivity index (χ1n) is 5.62. The number of halogens is 1. The predicted octanol–water partition coefficient (Wildman–Crippen LogP) is 3.74. The molecule has 3 heteroatoms. The average Bonchev–Trinajstić information content (AvgIpc) is 2.47. The molecule has 1 saturated carbocycles. The van der Waals surface area contributed by atoms with Gasteiger partial charge < -0.3 is 4.74 Å². The number of hydrogen-bond donors (Lipinski definition) is 0. The molecule has 1 aliphatic rings. The Morgan fingerprint density at radius 3 is 2.25 bits per heavy atom. The third kappa shape index (κ3) is 3.00. The zero-order chi connectivity index (χ0) is 12.7. The first-order chi connectivity index (χ1) is 7.05. The summed E-state index contributed by atoms with van der Waals surface area (Å²) in [5, 5.41) is 0.740. The highest BCUT2D eigenvalue weighted by atomic mass is 35.5. The smallest absolute Gasteiger partial charge is 0.310 e. The summed E-state index contributed by atoms with van der Waals surface area (Å²) in [6.07, 6.45) is 1.95. The molecule has 1 fully saturated rings. The zero-order valence-electron chi connectivity index (χ0n) is 10.9. The van der Waals surface area contributed by atoms with Gasteiger partial charge in [-0.25, -0.2) is 0 Å². The molecule has 2 atom stereocenters. The van der Waals surface area contributed by atoms with Gasteiger partial charge in [-0.2, -0.15) is 0 Å². The van der Waals surface area contributed by atoms with Crippen molar-refractivity contribution in [2.75, 3.05) is 0 Å². The Hall–Kier alpha value is -0.500. The van der Waals surface area contributed by atoms with Crippen LogP contribution in [0.25, 0.3) is 0 Å². The van der Waals surface area contributed by atoms with Crippen LogP contribution < -0.4 is 0 Å². The van der Waals surface area contributed by atoms with E-state index < -0.39 is 5.60 Å². The molecular weight excluding hydrogens is 224 g/mol. The number of allylic oxidation sites excluding steroid dienone is 2. The molecule has 0 unspecified atom stereocenters. The maximum absolute atomic E-state index is 11.9. The van der Waals surface area contributed by atoms with Gasteiger partial charge in [0.15, 0.2) is 0 Å². The molecule has 1 aliphatic carbocycles. The van der Waals surface area contributed by atoms with E-state index in [2.05, 4.69) is 13.8 Å². The molecule has 0 aromatic rings. The van der Waals surface area contributed by atoms with Crippen molar-refractivity contribution in [1.29, 1.82) is 0 Å². The molecule has 0 bridgehead atoms. The Labute approximate surface area is 103 Å². The normalized spacial score (nSPS) is 28.8. The van der Waals surface area contributed by atoms with Gasteiger partial charge in [-0.15, -0.1) is 0 Å². The fourth-order valence-electron chi connectivity index (χ4n) is 2.05. The first-order valence-corrected chi connectivity index (χ1v) is 6.00. The van der Waals surface area contributed by atoms with Crippen LogP contribution in [0.15, 0.2) is 11.1 Å². The van der Waals surface area contributed by atoms with Crippen molar-refractivity contribution in [3.8, 4) is 0 Å². The van der Waals surface area contributed by atoms with Crippen LogP contribution in [0.2, 0.25) is 0 Å². The van der Waals surface area contributed by atoms with E-state index in [9.17, 15) is 4.79 Å². The summed E-state index contributed by atoms with van der Waals surface area (Å²) >= 11 is 5.85. The van der Waals surface area contributed by atoms with E-state index in [0.29, 0.717) is 0 Å². The molecule has 0 amide bonds. The van der Waals surface area contributed by atoms with Gasteiger partial charge in [-0.3, -0.25) is 4.79 Å². The molecule has 0 N–H and O–H groups in total. The van der Waals surface area contributed by atoms with Gasteiger partial charge in [-0.05, 0) is 39.0 Å². The fourth-order valence-corrected chi connectivity index (χ4v) is 2.19. The van der Waals surface area contributed by atoms with Crippen molar-refractivity contribution < 1.29 is 9.53 Å². The van der Waals surface area contributed by atoms with E-state index in [-0.39, 0.29) is 23.2 Å². The van der Waals surface area contributed by atoms with Crippen LogP contribution in [0.5, 0.6) is 0 Å². The van der Waals surface area contributed by atoms with Crippen LogP contribution in [0.3, 0.4) is 0 Å². The molecule has 0 heterocycles. The lowest BCUT2D eigenvalue weighted by Crippen LogP contribution is -2.26. The second-order valence-electron chi connectivity index (χ2n) is 6.11. The molecule has 1 rings (SSSR count). The second-order valence-corrected chi connectivity index (χ2v) is 6.71. The minimum Gasteiger partial charge on any atom is -0.460 e. The summed E-state index contributed by atoms with van der Waals surface area (Å²) in [5.74, 6) is 0.0388. The first kappa shape index (κ1) is 13.6. The lowest BCUT2D eigenvalue weighted by molar-refractivity contribution is -0.157. The van der Waals surface area contributed by atoms with Gasteiger partial charge in [-0.1, -0.05) is 31.5 Å². The van der Waals surface area contributed by atoms with Gasteiger partial charge in [0.1, 0.15) is 5.60 Å². The summed E-state index contributed by atoms with van der Waals surface area (Å²) in [7, 11) is 0. The number of ether oxygens (including phenoxy) is 1. The SMILES string of the molecule is C/C(Cl)=C/[C@@H]1[C@@H](C(=O)OC(C)(C)C)C1(C)C. The quantitative estimate of drug-likeness (QED) is 0.692. The lowest BCUT2D eigenvalue weighted by atomic mass is 10.1. The molecule has 0 saturated heterocycles. The van der Waals surface area contributed by atoms with E-state index in [4.69, 9.17) is 16.3 Å². The molecule has 16 heavy (non-hydrogen) atoms. The number of hydrogen-bond acceptors (Lipinski definition) is 2. The van der Waals surface area contributed by atoms with E-state index >= 15 is 0 Å². The van der Waals surface area contributed by atoms with Crippen molar-refractivity contribution >= 4 is 17.6 Å². The Balaban J connectivity index is 2.70. The maximum atomic E-state index is 11.9. The van der Waals surface area contributed by atoms with Crippen LogP contribution in [-0.2, 0) is 9.53 Å². The predicted molar refractivity (Wildman–Crippen MR) is 66.2 cm³/mol. The largest absolute Gasteiger partial charge is 0.460 e. The van der Waals surface area contributed by atoms with Gasteiger partial charge in [0.25, 0.3) is 0 Å².